The second-order valence-electron chi connectivity index (χ2n) is 4.46. The number of carbonyl (C=O) groups excluding carboxylic acids is 1. The summed E-state index contributed by atoms with van der Waals surface area (Å²) in [7, 11) is 0. The van der Waals surface area contributed by atoms with Crippen molar-refractivity contribution in [2.45, 2.75) is 13.1 Å². The molecule has 0 saturated heterocycles. The van der Waals surface area contributed by atoms with Crippen molar-refractivity contribution < 1.29 is 26.7 Å². The van der Waals surface area contributed by atoms with Crippen molar-refractivity contribution in [1.29, 1.82) is 0 Å². The maximum absolute atomic E-state index is 13.8. The van der Waals surface area contributed by atoms with E-state index in [9.17, 15) is 26.7 Å². The molecule has 0 N–H and O–H groups in total. The van der Waals surface area contributed by atoms with Crippen molar-refractivity contribution >= 4 is 5.78 Å². The fourth-order valence-corrected chi connectivity index (χ4v) is 1.85. The van der Waals surface area contributed by atoms with Gasteiger partial charge in [-0.15, -0.1) is 0 Å². The Balaban J connectivity index is 2.54. The van der Waals surface area contributed by atoms with Gasteiger partial charge in [-0.1, -0.05) is 18.2 Å². The fraction of sp³-hybridized carbons (Fsp3) is 0.133. The van der Waals surface area contributed by atoms with Gasteiger partial charge in [0.1, 0.15) is 11.6 Å². The molecule has 0 aromatic heterocycles. The molecule has 0 atom stereocenters. The van der Waals surface area contributed by atoms with Crippen LogP contribution < -0.4 is 0 Å². The second-order valence-corrected chi connectivity index (χ2v) is 4.46. The molecule has 0 heterocycles. The lowest BCUT2D eigenvalue weighted by Gasteiger charge is -2.10. The molecule has 0 saturated carbocycles. The highest BCUT2D eigenvalue weighted by molar-refractivity contribution is 6.09. The number of benzene rings is 2. The zero-order valence-electron chi connectivity index (χ0n) is 10.8. The molecule has 0 unspecified atom stereocenters. The van der Waals surface area contributed by atoms with Gasteiger partial charge in [-0.05, 0) is 30.7 Å². The number of carbonyl (C=O) groups is 1. The van der Waals surface area contributed by atoms with Crippen LogP contribution in [0.25, 0.3) is 0 Å². The number of hydrogen-bond donors (Lipinski definition) is 0. The Morgan fingerprint density at radius 1 is 1.05 bits per heavy atom. The molecule has 0 aliphatic carbocycles. The lowest BCUT2D eigenvalue weighted by atomic mass is 9.98. The van der Waals surface area contributed by atoms with E-state index < -0.39 is 40.3 Å². The van der Waals surface area contributed by atoms with Gasteiger partial charge in [0.2, 0.25) is 0 Å². The number of aryl methyl sites for hydroxylation is 1. The molecule has 0 radical (unpaired) electrons. The molecule has 6 heteroatoms. The van der Waals surface area contributed by atoms with E-state index in [0.29, 0.717) is 6.07 Å². The standard InChI is InChI=1S/C15H9F5O/c1-8-5-6-11(16)12(13(8)17)14(21)9-3-2-4-10(7-9)15(18,19)20/h2-7H,1H3. The Kier molecular flexibility index (Phi) is 3.80. The summed E-state index contributed by atoms with van der Waals surface area (Å²) < 4.78 is 65.3. The average molecular weight is 300 g/mol. The highest BCUT2D eigenvalue weighted by Crippen LogP contribution is 2.30. The molecule has 0 bridgehead atoms. The van der Waals surface area contributed by atoms with Crippen LogP contribution in [0.5, 0.6) is 0 Å². The minimum atomic E-state index is -4.64. The molecule has 110 valence electrons. The minimum absolute atomic E-state index is 0.0340. The fourth-order valence-electron chi connectivity index (χ4n) is 1.85. The molecule has 1 nitrogen and oxygen atoms in total. The summed E-state index contributed by atoms with van der Waals surface area (Å²) in [6, 6.07) is 5.50. The van der Waals surface area contributed by atoms with Crippen LogP contribution in [-0.2, 0) is 6.18 Å². The normalized spacial score (nSPS) is 11.5. The smallest absolute Gasteiger partial charge is 0.288 e. The zero-order valence-corrected chi connectivity index (χ0v) is 10.8. The first-order valence-electron chi connectivity index (χ1n) is 5.88. The highest BCUT2D eigenvalue weighted by atomic mass is 19.4. The molecule has 0 fully saturated rings. The topological polar surface area (TPSA) is 17.1 Å². The molecular formula is C15H9F5O. The van der Waals surface area contributed by atoms with Gasteiger partial charge in [0.25, 0.3) is 0 Å². The Morgan fingerprint density at radius 3 is 2.33 bits per heavy atom. The summed E-state index contributed by atoms with van der Waals surface area (Å²) in [6.45, 7) is 1.33. The van der Waals surface area contributed by atoms with Crippen molar-refractivity contribution in [2.75, 3.05) is 0 Å². The quantitative estimate of drug-likeness (QED) is 0.588. The molecule has 2 rings (SSSR count). The zero-order chi connectivity index (χ0) is 15.8. The third kappa shape index (κ3) is 2.94. The molecule has 21 heavy (non-hydrogen) atoms. The minimum Gasteiger partial charge on any atom is -0.288 e. The van der Waals surface area contributed by atoms with Crippen LogP contribution in [0.2, 0.25) is 0 Å². The van der Waals surface area contributed by atoms with Gasteiger partial charge in [0.15, 0.2) is 5.78 Å². The monoisotopic (exact) mass is 300 g/mol. The van der Waals surface area contributed by atoms with Crippen molar-refractivity contribution in [3.63, 3.8) is 0 Å². The van der Waals surface area contributed by atoms with E-state index in [-0.39, 0.29) is 5.56 Å². The van der Waals surface area contributed by atoms with Gasteiger partial charge in [-0.3, -0.25) is 4.79 Å². The van der Waals surface area contributed by atoms with Gasteiger partial charge in [0, 0.05) is 5.56 Å². The maximum atomic E-state index is 13.8. The van der Waals surface area contributed by atoms with Gasteiger partial charge in [0.05, 0.1) is 11.1 Å². The van der Waals surface area contributed by atoms with Crippen molar-refractivity contribution in [3.05, 3.63) is 70.3 Å². The van der Waals surface area contributed by atoms with Crippen LogP contribution in [0, 0.1) is 18.6 Å². The summed E-state index contributed by atoms with van der Waals surface area (Å²) in [6.07, 6.45) is -4.64. The molecule has 2 aromatic carbocycles. The van der Waals surface area contributed by atoms with Crippen molar-refractivity contribution in [3.8, 4) is 0 Å². The summed E-state index contributed by atoms with van der Waals surface area (Å²) in [5, 5.41) is 0. The summed E-state index contributed by atoms with van der Waals surface area (Å²) in [5.74, 6) is -3.31. The van der Waals surface area contributed by atoms with Crippen LogP contribution >= 0.6 is 0 Å². The summed E-state index contributed by atoms with van der Waals surface area (Å²) in [5.41, 5.74) is -2.30. The van der Waals surface area contributed by atoms with Crippen LogP contribution in [0.15, 0.2) is 36.4 Å². The molecule has 0 spiro atoms. The number of halogens is 5. The highest BCUT2D eigenvalue weighted by Gasteiger charge is 2.31. The van der Waals surface area contributed by atoms with E-state index in [0.717, 1.165) is 30.3 Å². The largest absolute Gasteiger partial charge is 0.416 e. The van der Waals surface area contributed by atoms with Gasteiger partial charge >= 0.3 is 6.18 Å². The van der Waals surface area contributed by atoms with Gasteiger partial charge < -0.3 is 0 Å². The lowest BCUT2D eigenvalue weighted by molar-refractivity contribution is -0.137. The average Bonchev–Trinajstić information content (AvgIpc) is 2.42. The number of rotatable bonds is 2. The summed E-state index contributed by atoms with van der Waals surface area (Å²) >= 11 is 0. The Labute approximate surface area is 117 Å². The molecule has 2 aromatic rings. The second kappa shape index (κ2) is 5.27. The molecule has 0 aliphatic rings. The van der Waals surface area contributed by atoms with Crippen molar-refractivity contribution in [2.24, 2.45) is 0 Å². The SMILES string of the molecule is Cc1ccc(F)c(C(=O)c2cccc(C(F)(F)F)c2)c1F. The van der Waals surface area contributed by atoms with Crippen LogP contribution in [0.3, 0.4) is 0 Å². The number of ketones is 1. The maximum Gasteiger partial charge on any atom is 0.416 e. The Morgan fingerprint density at radius 2 is 1.71 bits per heavy atom. The van der Waals surface area contributed by atoms with Crippen LogP contribution in [0.4, 0.5) is 22.0 Å². The predicted molar refractivity (Wildman–Crippen MR) is 66.0 cm³/mol. The first-order valence-corrected chi connectivity index (χ1v) is 5.88. The van der Waals surface area contributed by atoms with Crippen molar-refractivity contribution in [1.82, 2.24) is 0 Å². The number of alkyl halides is 3. The van der Waals surface area contributed by atoms with E-state index in [4.69, 9.17) is 0 Å². The van der Waals surface area contributed by atoms with E-state index >= 15 is 0 Å². The van der Waals surface area contributed by atoms with E-state index in [1.54, 1.807) is 0 Å². The first kappa shape index (κ1) is 15.2. The van der Waals surface area contributed by atoms with Gasteiger partial charge in [-0.2, -0.15) is 13.2 Å². The van der Waals surface area contributed by atoms with Crippen LogP contribution in [-0.4, -0.2) is 5.78 Å². The molecule has 0 aliphatic heterocycles. The Hall–Kier alpha value is -2.24. The van der Waals surface area contributed by atoms with E-state index in [2.05, 4.69) is 0 Å². The predicted octanol–water partition coefficient (Wildman–Crippen LogP) is 4.52. The van der Waals surface area contributed by atoms with Crippen LogP contribution in [0.1, 0.15) is 27.0 Å². The lowest BCUT2D eigenvalue weighted by Crippen LogP contribution is -2.11. The third-order valence-electron chi connectivity index (χ3n) is 2.96. The Bertz CT molecular complexity index is 704. The third-order valence-corrected chi connectivity index (χ3v) is 2.96. The van der Waals surface area contributed by atoms with E-state index in [1.807, 2.05) is 0 Å². The van der Waals surface area contributed by atoms with E-state index in [1.165, 1.54) is 6.92 Å². The first-order chi connectivity index (χ1) is 9.71. The summed E-state index contributed by atoms with van der Waals surface area (Å²) in [4.78, 5) is 12.1. The number of hydrogen-bond acceptors (Lipinski definition) is 1. The molecule has 0 amide bonds. The molecular weight excluding hydrogens is 291 g/mol. The van der Waals surface area contributed by atoms with Gasteiger partial charge in [-0.25, -0.2) is 8.78 Å².